The summed E-state index contributed by atoms with van der Waals surface area (Å²) >= 11 is 0. The van der Waals surface area contributed by atoms with E-state index >= 15 is 0 Å². The van der Waals surface area contributed by atoms with E-state index in [2.05, 4.69) is 41.3 Å². The highest BCUT2D eigenvalue weighted by Gasteiger charge is 2.22. The minimum atomic E-state index is 0.114. The predicted molar refractivity (Wildman–Crippen MR) is 73.1 cm³/mol. The van der Waals surface area contributed by atoms with Gasteiger partial charge in [0.2, 0.25) is 0 Å². The van der Waals surface area contributed by atoms with Gasteiger partial charge in [-0.05, 0) is 25.3 Å². The lowest BCUT2D eigenvalue weighted by atomic mass is 10.1. The second-order valence-corrected chi connectivity index (χ2v) is 5.28. The standard InChI is InChI=1S/C15H19N3O/c1-11-5-7-12(8-6-11)9-14-16-15-4-2-3-13(10-19)18(15)17-14/h5-8,13,19H,2-4,9-10H2,1H3. The molecule has 1 aromatic heterocycles. The summed E-state index contributed by atoms with van der Waals surface area (Å²) in [5.74, 6) is 1.88. The smallest absolute Gasteiger partial charge is 0.155 e. The molecule has 1 N–H and O–H groups in total. The molecule has 0 saturated carbocycles. The molecule has 0 saturated heterocycles. The van der Waals surface area contributed by atoms with Gasteiger partial charge in [0, 0.05) is 12.8 Å². The van der Waals surface area contributed by atoms with Crippen LogP contribution in [0.5, 0.6) is 0 Å². The summed E-state index contributed by atoms with van der Waals surface area (Å²) < 4.78 is 1.92. The molecule has 3 rings (SSSR count). The molecule has 0 radical (unpaired) electrons. The number of aryl methyl sites for hydroxylation is 2. The molecule has 4 heteroatoms. The second-order valence-electron chi connectivity index (χ2n) is 5.28. The van der Waals surface area contributed by atoms with Crippen molar-refractivity contribution in [2.45, 2.75) is 38.6 Å². The molecule has 1 aliphatic heterocycles. The SMILES string of the molecule is Cc1ccc(Cc2nc3n(n2)C(CO)CCC3)cc1. The van der Waals surface area contributed by atoms with Crippen molar-refractivity contribution < 1.29 is 5.11 Å². The van der Waals surface area contributed by atoms with E-state index < -0.39 is 0 Å². The van der Waals surface area contributed by atoms with Gasteiger partial charge in [-0.3, -0.25) is 0 Å². The van der Waals surface area contributed by atoms with Crippen molar-refractivity contribution >= 4 is 0 Å². The van der Waals surface area contributed by atoms with E-state index in [9.17, 15) is 5.11 Å². The van der Waals surface area contributed by atoms with Crippen LogP contribution in [0.4, 0.5) is 0 Å². The van der Waals surface area contributed by atoms with Gasteiger partial charge in [0.25, 0.3) is 0 Å². The van der Waals surface area contributed by atoms with Gasteiger partial charge in [0.05, 0.1) is 12.6 Å². The Kier molecular flexibility index (Phi) is 3.34. The van der Waals surface area contributed by atoms with Crippen molar-refractivity contribution in [2.75, 3.05) is 6.61 Å². The van der Waals surface area contributed by atoms with Gasteiger partial charge < -0.3 is 5.11 Å². The van der Waals surface area contributed by atoms with Crippen molar-refractivity contribution in [3.8, 4) is 0 Å². The summed E-state index contributed by atoms with van der Waals surface area (Å²) in [7, 11) is 0. The number of hydrogen-bond acceptors (Lipinski definition) is 3. The van der Waals surface area contributed by atoms with Crippen molar-refractivity contribution in [3.63, 3.8) is 0 Å². The summed E-state index contributed by atoms with van der Waals surface area (Å²) in [5, 5.41) is 13.9. The number of benzene rings is 1. The van der Waals surface area contributed by atoms with E-state index in [0.29, 0.717) is 0 Å². The minimum absolute atomic E-state index is 0.114. The maximum Gasteiger partial charge on any atom is 0.155 e. The van der Waals surface area contributed by atoms with Crippen molar-refractivity contribution in [1.82, 2.24) is 14.8 Å². The van der Waals surface area contributed by atoms with Crippen molar-refractivity contribution in [1.29, 1.82) is 0 Å². The summed E-state index contributed by atoms with van der Waals surface area (Å²) in [5.41, 5.74) is 2.50. The zero-order chi connectivity index (χ0) is 13.2. The molecule has 0 fully saturated rings. The third-order valence-corrected chi connectivity index (χ3v) is 3.72. The molecule has 2 heterocycles. The van der Waals surface area contributed by atoms with E-state index in [1.165, 1.54) is 11.1 Å². The Morgan fingerprint density at radius 3 is 2.84 bits per heavy atom. The Bertz CT molecular complexity index is 559. The highest BCUT2D eigenvalue weighted by atomic mass is 16.3. The van der Waals surface area contributed by atoms with Crippen LogP contribution in [0.1, 0.15) is 41.7 Å². The number of fused-ring (bicyclic) bond motifs is 1. The van der Waals surface area contributed by atoms with E-state index in [1.54, 1.807) is 0 Å². The maximum absolute atomic E-state index is 9.38. The first kappa shape index (κ1) is 12.4. The van der Waals surface area contributed by atoms with E-state index in [0.717, 1.165) is 37.3 Å². The Hall–Kier alpha value is -1.68. The van der Waals surface area contributed by atoms with Crippen LogP contribution in [0, 0.1) is 6.92 Å². The Morgan fingerprint density at radius 2 is 2.11 bits per heavy atom. The lowest BCUT2D eigenvalue weighted by molar-refractivity contribution is 0.195. The van der Waals surface area contributed by atoms with Crippen LogP contribution in [0.2, 0.25) is 0 Å². The molecule has 0 spiro atoms. The molecule has 0 aliphatic carbocycles. The summed E-state index contributed by atoms with van der Waals surface area (Å²) in [6.45, 7) is 2.24. The van der Waals surface area contributed by atoms with E-state index in [1.807, 2.05) is 4.68 Å². The molecule has 4 nitrogen and oxygen atoms in total. The third kappa shape index (κ3) is 2.54. The third-order valence-electron chi connectivity index (χ3n) is 3.72. The monoisotopic (exact) mass is 257 g/mol. The van der Waals surface area contributed by atoms with Crippen LogP contribution < -0.4 is 0 Å². The fourth-order valence-electron chi connectivity index (χ4n) is 2.62. The lowest BCUT2D eigenvalue weighted by Gasteiger charge is -2.20. The molecule has 19 heavy (non-hydrogen) atoms. The first-order valence-corrected chi connectivity index (χ1v) is 6.87. The van der Waals surface area contributed by atoms with Gasteiger partial charge >= 0.3 is 0 Å². The molecule has 1 unspecified atom stereocenters. The first-order valence-electron chi connectivity index (χ1n) is 6.87. The van der Waals surface area contributed by atoms with Gasteiger partial charge in [-0.1, -0.05) is 29.8 Å². The van der Waals surface area contributed by atoms with E-state index in [-0.39, 0.29) is 12.6 Å². The maximum atomic E-state index is 9.38. The predicted octanol–water partition coefficient (Wildman–Crippen LogP) is 2.05. The highest BCUT2D eigenvalue weighted by Crippen LogP contribution is 2.23. The van der Waals surface area contributed by atoms with Gasteiger partial charge in [-0.25, -0.2) is 9.67 Å². The Balaban J connectivity index is 1.82. The lowest BCUT2D eigenvalue weighted by Crippen LogP contribution is -2.22. The van der Waals surface area contributed by atoms with Gasteiger partial charge in [0.15, 0.2) is 5.82 Å². The number of nitrogens with zero attached hydrogens (tertiary/aromatic N) is 3. The number of rotatable bonds is 3. The molecule has 1 atom stereocenters. The summed E-state index contributed by atoms with van der Waals surface area (Å²) in [4.78, 5) is 4.61. The van der Waals surface area contributed by atoms with Crippen molar-refractivity contribution in [3.05, 3.63) is 47.0 Å². The van der Waals surface area contributed by atoms with Crippen LogP contribution in [-0.2, 0) is 12.8 Å². The van der Waals surface area contributed by atoms with Crippen LogP contribution in [0.3, 0.4) is 0 Å². The molecule has 1 aliphatic rings. The average Bonchev–Trinajstić information content (AvgIpc) is 2.83. The first-order chi connectivity index (χ1) is 9.26. The van der Waals surface area contributed by atoms with Gasteiger partial charge in [0.1, 0.15) is 5.82 Å². The number of hydrogen-bond donors (Lipinski definition) is 1. The van der Waals surface area contributed by atoms with Crippen LogP contribution >= 0.6 is 0 Å². The van der Waals surface area contributed by atoms with Crippen LogP contribution in [-0.4, -0.2) is 26.5 Å². The fraction of sp³-hybridized carbons (Fsp3) is 0.467. The minimum Gasteiger partial charge on any atom is -0.394 e. The molecule has 2 aromatic rings. The Morgan fingerprint density at radius 1 is 1.32 bits per heavy atom. The summed E-state index contributed by atoms with van der Waals surface area (Å²) in [6.07, 6.45) is 3.82. The van der Waals surface area contributed by atoms with Gasteiger partial charge in [-0.15, -0.1) is 0 Å². The zero-order valence-corrected chi connectivity index (χ0v) is 11.2. The second kappa shape index (κ2) is 5.13. The topological polar surface area (TPSA) is 50.9 Å². The van der Waals surface area contributed by atoms with Crippen molar-refractivity contribution in [2.24, 2.45) is 0 Å². The molecular formula is C15H19N3O. The average molecular weight is 257 g/mol. The molecule has 1 aromatic carbocycles. The highest BCUT2D eigenvalue weighted by molar-refractivity contribution is 5.23. The van der Waals surface area contributed by atoms with Gasteiger partial charge in [-0.2, -0.15) is 5.10 Å². The fourth-order valence-corrected chi connectivity index (χ4v) is 2.62. The molecular weight excluding hydrogens is 238 g/mol. The largest absolute Gasteiger partial charge is 0.394 e. The number of aromatic nitrogens is 3. The molecule has 100 valence electrons. The Labute approximate surface area is 113 Å². The van der Waals surface area contributed by atoms with Crippen LogP contribution in [0.15, 0.2) is 24.3 Å². The van der Waals surface area contributed by atoms with Crippen LogP contribution in [0.25, 0.3) is 0 Å². The zero-order valence-electron chi connectivity index (χ0n) is 11.2. The quantitative estimate of drug-likeness (QED) is 0.915. The number of aliphatic hydroxyl groups excluding tert-OH is 1. The molecule has 0 bridgehead atoms. The summed E-state index contributed by atoms with van der Waals surface area (Å²) in [6, 6.07) is 8.59. The normalized spacial score (nSPS) is 18.3. The van der Waals surface area contributed by atoms with E-state index in [4.69, 9.17) is 0 Å². The number of aliphatic hydroxyl groups is 1. The molecule has 0 amide bonds.